The molecule has 6 heteroatoms. The average molecular weight is 180 g/mol. The van der Waals surface area contributed by atoms with Gasteiger partial charge in [0, 0.05) is 6.07 Å². The fraction of sp³-hybridized carbons (Fsp3) is 0.167. The van der Waals surface area contributed by atoms with Gasteiger partial charge in [0.1, 0.15) is 0 Å². The highest BCUT2D eigenvalue weighted by molar-refractivity contribution is 5.36. The molecule has 0 aliphatic rings. The summed E-state index contributed by atoms with van der Waals surface area (Å²) >= 11 is 0. The van der Waals surface area contributed by atoms with Gasteiger partial charge in [0.15, 0.2) is 11.5 Å². The van der Waals surface area contributed by atoms with Gasteiger partial charge in [-0.15, -0.1) is 0 Å². The first-order chi connectivity index (χ1) is 5.41. The lowest BCUT2D eigenvalue weighted by Crippen LogP contribution is -2.11. The van der Waals surface area contributed by atoms with Crippen LogP contribution in [0.2, 0.25) is 0 Å². The van der Waals surface area contributed by atoms with Gasteiger partial charge in [-0.2, -0.15) is 13.2 Å². The standard InChI is InChI=1S/C6H4F4N2/c7-4-1-3(11)2-12-5(4)6(8,9)10/h1-2H,11H2. The van der Waals surface area contributed by atoms with Crippen LogP contribution in [0.1, 0.15) is 5.69 Å². The molecule has 1 rings (SSSR count). The van der Waals surface area contributed by atoms with Gasteiger partial charge < -0.3 is 5.73 Å². The van der Waals surface area contributed by atoms with Crippen molar-refractivity contribution in [1.29, 1.82) is 0 Å². The van der Waals surface area contributed by atoms with Crippen LogP contribution in [-0.4, -0.2) is 4.98 Å². The second kappa shape index (κ2) is 2.62. The molecule has 0 saturated heterocycles. The van der Waals surface area contributed by atoms with Crippen molar-refractivity contribution in [2.75, 3.05) is 5.73 Å². The van der Waals surface area contributed by atoms with Gasteiger partial charge in [0.05, 0.1) is 11.9 Å². The number of hydrogen-bond acceptors (Lipinski definition) is 2. The molecule has 0 radical (unpaired) electrons. The van der Waals surface area contributed by atoms with Crippen LogP contribution in [0.3, 0.4) is 0 Å². The molecular formula is C6H4F4N2. The number of hydrogen-bond donors (Lipinski definition) is 1. The number of rotatable bonds is 0. The summed E-state index contributed by atoms with van der Waals surface area (Å²) in [6.45, 7) is 0. The lowest BCUT2D eigenvalue weighted by atomic mass is 10.3. The molecule has 2 N–H and O–H groups in total. The number of alkyl halides is 3. The smallest absolute Gasteiger partial charge is 0.397 e. The molecule has 0 aromatic carbocycles. The van der Waals surface area contributed by atoms with Gasteiger partial charge in [0.2, 0.25) is 0 Å². The molecule has 1 aromatic heterocycles. The predicted molar refractivity (Wildman–Crippen MR) is 33.6 cm³/mol. The minimum atomic E-state index is -4.77. The van der Waals surface area contributed by atoms with Crippen LogP contribution < -0.4 is 5.73 Å². The number of anilines is 1. The summed E-state index contributed by atoms with van der Waals surface area (Å²) in [5, 5.41) is 0. The van der Waals surface area contributed by atoms with Gasteiger partial charge in [-0.3, -0.25) is 0 Å². The summed E-state index contributed by atoms with van der Waals surface area (Å²) in [6, 6.07) is 0.579. The first kappa shape index (κ1) is 8.76. The van der Waals surface area contributed by atoms with Gasteiger partial charge >= 0.3 is 6.18 Å². The van der Waals surface area contributed by atoms with Crippen molar-refractivity contribution in [2.24, 2.45) is 0 Å². The van der Waals surface area contributed by atoms with Crippen molar-refractivity contribution in [3.05, 3.63) is 23.8 Å². The number of nitrogens with two attached hydrogens (primary N) is 1. The van der Waals surface area contributed by atoms with Gasteiger partial charge in [-0.1, -0.05) is 0 Å². The van der Waals surface area contributed by atoms with E-state index in [4.69, 9.17) is 5.73 Å². The minimum Gasteiger partial charge on any atom is -0.397 e. The minimum absolute atomic E-state index is 0.138. The summed E-state index contributed by atoms with van der Waals surface area (Å²) in [5.74, 6) is -1.46. The quantitative estimate of drug-likeness (QED) is 0.618. The Morgan fingerprint density at radius 2 is 1.92 bits per heavy atom. The Labute approximate surface area is 65.0 Å². The zero-order chi connectivity index (χ0) is 9.35. The van der Waals surface area contributed by atoms with Gasteiger partial charge in [0.25, 0.3) is 0 Å². The fourth-order valence-electron chi connectivity index (χ4n) is 0.661. The van der Waals surface area contributed by atoms with Crippen molar-refractivity contribution in [3.8, 4) is 0 Å². The highest BCUT2D eigenvalue weighted by Crippen LogP contribution is 2.29. The van der Waals surface area contributed by atoms with E-state index in [0.29, 0.717) is 6.07 Å². The lowest BCUT2D eigenvalue weighted by Gasteiger charge is -2.05. The molecule has 1 aromatic rings. The molecule has 0 aliphatic heterocycles. The number of nitrogens with zero attached hydrogens (tertiary/aromatic N) is 1. The summed E-state index contributed by atoms with van der Waals surface area (Å²) < 4.78 is 48.0. The van der Waals surface area contributed by atoms with E-state index < -0.39 is 17.7 Å². The first-order valence-corrected chi connectivity index (χ1v) is 2.89. The van der Waals surface area contributed by atoms with E-state index >= 15 is 0 Å². The molecule has 0 saturated carbocycles. The van der Waals surface area contributed by atoms with Crippen LogP contribution in [0, 0.1) is 5.82 Å². The van der Waals surface area contributed by atoms with E-state index in [2.05, 4.69) is 4.98 Å². The third-order valence-electron chi connectivity index (χ3n) is 1.13. The second-order valence-corrected chi connectivity index (χ2v) is 2.10. The van der Waals surface area contributed by atoms with Gasteiger partial charge in [-0.05, 0) is 0 Å². The van der Waals surface area contributed by atoms with Crippen molar-refractivity contribution in [1.82, 2.24) is 4.98 Å². The second-order valence-electron chi connectivity index (χ2n) is 2.10. The summed E-state index contributed by atoms with van der Waals surface area (Å²) in [7, 11) is 0. The normalized spacial score (nSPS) is 11.7. The SMILES string of the molecule is Nc1cnc(C(F)(F)F)c(F)c1. The lowest BCUT2D eigenvalue weighted by molar-refractivity contribution is -0.143. The number of halogens is 4. The molecule has 0 atom stereocenters. The summed E-state index contributed by atoms with van der Waals surface area (Å²) in [6.07, 6.45) is -4.01. The van der Waals surface area contributed by atoms with E-state index in [9.17, 15) is 17.6 Å². The molecule has 0 aliphatic carbocycles. The van der Waals surface area contributed by atoms with E-state index in [1.54, 1.807) is 0 Å². The topological polar surface area (TPSA) is 38.9 Å². The Kier molecular flexibility index (Phi) is 1.91. The van der Waals surface area contributed by atoms with E-state index in [1.807, 2.05) is 0 Å². The Balaban J connectivity index is 3.19. The van der Waals surface area contributed by atoms with Crippen LogP contribution in [0.15, 0.2) is 12.3 Å². The predicted octanol–water partition coefficient (Wildman–Crippen LogP) is 1.82. The van der Waals surface area contributed by atoms with Crippen LogP contribution in [0.5, 0.6) is 0 Å². The Morgan fingerprint density at radius 1 is 1.33 bits per heavy atom. The zero-order valence-corrected chi connectivity index (χ0v) is 5.69. The molecule has 0 amide bonds. The van der Waals surface area contributed by atoms with Gasteiger partial charge in [-0.25, -0.2) is 9.37 Å². The molecule has 0 bridgehead atoms. The Hall–Kier alpha value is -1.33. The maximum Gasteiger partial charge on any atom is 0.436 e. The largest absolute Gasteiger partial charge is 0.436 e. The number of pyridine rings is 1. The molecule has 12 heavy (non-hydrogen) atoms. The highest BCUT2D eigenvalue weighted by atomic mass is 19.4. The van der Waals surface area contributed by atoms with Crippen LogP contribution in [0.25, 0.3) is 0 Å². The highest BCUT2D eigenvalue weighted by Gasteiger charge is 2.35. The molecule has 0 unspecified atom stereocenters. The van der Waals surface area contributed by atoms with E-state index in [1.165, 1.54) is 0 Å². The van der Waals surface area contributed by atoms with E-state index in [0.717, 1.165) is 6.20 Å². The molecule has 1 heterocycles. The monoisotopic (exact) mass is 180 g/mol. The molecule has 0 fully saturated rings. The maximum atomic E-state index is 12.5. The van der Waals surface area contributed by atoms with Crippen LogP contribution in [-0.2, 0) is 6.18 Å². The molecule has 66 valence electrons. The van der Waals surface area contributed by atoms with Crippen LogP contribution in [0.4, 0.5) is 23.2 Å². The first-order valence-electron chi connectivity index (χ1n) is 2.89. The Morgan fingerprint density at radius 3 is 2.33 bits per heavy atom. The van der Waals surface area contributed by atoms with Crippen molar-refractivity contribution >= 4 is 5.69 Å². The Bertz CT molecular complexity index is 294. The van der Waals surface area contributed by atoms with Crippen molar-refractivity contribution < 1.29 is 17.6 Å². The van der Waals surface area contributed by atoms with E-state index in [-0.39, 0.29) is 5.69 Å². The number of nitrogen functional groups attached to an aromatic ring is 1. The zero-order valence-electron chi connectivity index (χ0n) is 5.69. The fourth-order valence-corrected chi connectivity index (χ4v) is 0.661. The third kappa shape index (κ3) is 1.63. The molecule has 0 spiro atoms. The third-order valence-corrected chi connectivity index (χ3v) is 1.13. The van der Waals surface area contributed by atoms with Crippen LogP contribution >= 0.6 is 0 Å². The molecular weight excluding hydrogens is 176 g/mol. The maximum absolute atomic E-state index is 12.5. The average Bonchev–Trinajstić information content (AvgIpc) is 1.83. The number of aromatic nitrogens is 1. The summed E-state index contributed by atoms with van der Waals surface area (Å²) in [5.41, 5.74) is 3.32. The molecule has 2 nitrogen and oxygen atoms in total. The summed E-state index contributed by atoms with van der Waals surface area (Å²) in [4.78, 5) is 2.82. The van der Waals surface area contributed by atoms with Crippen molar-refractivity contribution in [2.45, 2.75) is 6.18 Å². The van der Waals surface area contributed by atoms with Crippen molar-refractivity contribution in [3.63, 3.8) is 0 Å².